The monoisotopic (exact) mass is 598 g/mol. The molecule has 4 aromatic rings. The topological polar surface area (TPSA) is 69.9 Å². The summed E-state index contributed by atoms with van der Waals surface area (Å²) >= 11 is 4.78. The van der Waals surface area contributed by atoms with E-state index < -0.39 is 12.0 Å². The minimum absolute atomic E-state index is 0.155. The third-order valence-corrected chi connectivity index (χ3v) is 7.66. The van der Waals surface area contributed by atoms with Crippen molar-refractivity contribution in [2.24, 2.45) is 4.99 Å². The van der Waals surface area contributed by atoms with Crippen LogP contribution in [0.1, 0.15) is 29.7 Å². The predicted molar refractivity (Wildman–Crippen MR) is 156 cm³/mol. The number of aromatic nitrogens is 1. The number of fused-ring (bicyclic) bond motifs is 1. The van der Waals surface area contributed by atoms with Gasteiger partial charge in [-0.15, -0.1) is 6.42 Å². The molecule has 1 atom stereocenters. The van der Waals surface area contributed by atoms with Gasteiger partial charge in [-0.25, -0.2) is 9.79 Å². The van der Waals surface area contributed by atoms with Crippen LogP contribution < -0.4 is 19.6 Å². The van der Waals surface area contributed by atoms with Crippen molar-refractivity contribution in [1.82, 2.24) is 4.57 Å². The molecule has 2 heterocycles. The Morgan fingerprint density at radius 1 is 1.13 bits per heavy atom. The minimum atomic E-state index is -0.704. The fourth-order valence-corrected chi connectivity index (χ4v) is 5.90. The zero-order valence-corrected chi connectivity index (χ0v) is 23.4. The van der Waals surface area contributed by atoms with Gasteiger partial charge >= 0.3 is 5.97 Å². The van der Waals surface area contributed by atoms with E-state index in [4.69, 9.17) is 20.9 Å². The van der Waals surface area contributed by atoms with Crippen molar-refractivity contribution in [3.05, 3.63) is 125 Å². The molecule has 0 saturated heterocycles. The summed E-state index contributed by atoms with van der Waals surface area (Å²) < 4.78 is 13.8. The lowest BCUT2D eigenvalue weighted by molar-refractivity contribution is -0.138. The van der Waals surface area contributed by atoms with E-state index in [1.165, 1.54) is 11.3 Å². The van der Waals surface area contributed by atoms with Crippen molar-refractivity contribution < 1.29 is 14.3 Å². The van der Waals surface area contributed by atoms with Gasteiger partial charge in [0.05, 0.1) is 32.9 Å². The molecule has 8 heteroatoms. The smallest absolute Gasteiger partial charge is 0.338 e. The first-order valence-electron chi connectivity index (χ1n) is 12.2. The molecule has 0 aliphatic carbocycles. The van der Waals surface area contributed by atoms with Gasteiger partial charge in [-0.3, -0.25) is 9.36 Å². The second-order valence-corrected chi connectivity index (χ2v) is 10.4. The number of hydrogen-bond acceptors (Lipinski definition) is 6. The first-order chi connectivity index (χ1) is 19.0. The van der Waals surface area contributed by atoms with Gasteiger partial charge in [0.25, 0.3) is 5.56 Å². The molecule has 0 N–H and O–H groups in total. The maximum atomic E-state index is 13.9. The Morgan fingerprint density at radius 2 is 1.85 bits per heavy atom. The Labute approximate surface area is 237 Å². The molecule has 1 aromatic heterocycles. The van der Waals surface area contributed by atoms with E-state index >= 15 is 0 Å². The van der Waals surface area contributed by atoms with Crippen molar-refractivity contribution in [1.29, 1.82) is 0 Å². The Balaban J connectivity index is 1.74. The highest BCUT2D eigenvalue weighted by Gasteiger charge is 2.35. The van der Waals surface area contributed by atoms with E-state index in [0.717, 1.165) is 21.2 Å². The van der Waals surface area contributed by atoms with Gasteiger partial charge in [-0.05, 0) is 52.2 Å². The molecule has 39 heavy (non-hydrogen) atoms. The van der Waals surface area contributed by atoms with E-state index in [9.17, 15) is 9.59 Å². The van der Waals surface area contributed by atoms with Crippen LogP contribution in [0.25, 0.3) is 11.8 Å². The van der Waals surface area contributed by atoms with E-state index in [0.29, 0.717) is 26.4 Å². The molecule has 1 aliphatic heterocycles. The van der Waals surface area contributed by atoms with Crippen LogP contribution in [0.5, 0.6) is 5.75 Å². The highest BCUT2D eigenvalue weighted by molar-refractivity contribution is 9.10. The van der Waals surface area contributed by atoms with Crippen molar-refractivity contribution in [3.63, 3.8) is 0 Å². The zero-order valence-electron chi connectivity index (χ0n) is 21.0. The number of carbonyl (C=O) groups is 1. The molecule has 0 spiro atoms. The number of benzene rings is 3. The third kappa shape index (κ3) is 5.37. The maximum absolute atomic E-state index is 13.9. The second-order valence-electron chi connectivity index (χ2n) is 8.52. The van der Waals surface area contributed by atoms with Crippen LogP contribution in [0.15, 0.2) is 98.7 Å². The molecule has 3 aromatic carbocycles. The fourth-order valence-electron chi connectivity index (χ4n) is 4.39. The van der Waals surface area contributed by atoms with Crippen molar-refractivity contribution >= 4 is 45.0 Å². The largest absolute Gasteiger partial charge is 0.480 e. The summed E-state index contributed by atoms with van der Waals surface area (Å²) in [6.45, 7) is 2.11. The SMILES string of the molecule is C#CCOc1ccc(/C=c2\sc3n(c2=O)[C@H](c2ccccc2)C(C(=O)OCC)=C(c2ccccc2)N=3)cc1Br. The second kappa shape index (κ2) is 11.7. The quantitative estimate of drug-likeness (QED) is 0.228. The summed E-state index contributed by atoms with van der Waals surface area (Å²) in [5.41, 5.74) is 2.93. The molecule has 0 saturated carbocycles. The lowest BCUT2D eigenvalue weighted by Gasteiger charge is -2.25. The Morgan fingerprint density at radius 3 is 2.51 bits per heavy atom. The summed E-state index contributed by atoms with van der Waals surface area (Å²) in [6.07, 6.45) is 7.10. The van der Waals surface area contributed by atoms with Crippen molar-refractivity contribution in [2.45, 2.75) is 13.0 Å². The molecule has 0 radical (unpaired) electrons. The van der Waals surface area contributed by atoms with Gasteiger partial charge in [-0.2, -0.15) is 0 Å². The summed E-state index contributed by atoms with van der Waals surface area (Å²) in [7, 11) is 0. The van der Waals surface area contributed by atoms with Gasteiger partial charge in [0.1, 0.15) is 12.4 Å². The Bertz CT molecular complexity index is 1780. The number of thiazole rings is 1. The number of rotatable bonds is 7. The number of esters is 1. The number of carbonyl (C=O) groups excluding carboxylic acids is 1. The molecule has 5 rings (SSSR count). The summed E-state index contributed by atoms with van der Waals surface area (Å²) in [5.74, 6) is 2.55. The lowest BCUT2D eigenvalue weighted by atomic mass is 9.93. The third-order valence-electron chi connectivity index (χ3n) is 6.05. The normalized spacial score (nSPS) is 14.8. The summed E-state index contributed by atoms with van der Waals surface area (Å²) in [4.78, 5) is 32.7. The molecular weight excluding hydrogens is 576 g/mol. The lowest BCUT2D eigenvalue weighted by Crippen LogP contribution is -2.39. The van der Waals surface area contributed by atoms with Crippen LogP contribution in [0.4, 0.5) is 0 Å². The van der Waals surface area contributed by atoms with E-state index in [-0.39, 0.29) is 18.8 Å². The van der Waals surface area contributed by atoms with Gasteiger partial charge < -0.3 is 9.47 Å². The van der Waals surface area contributed by atoms with Crippen LogP contribution in [0, 0.1) is 12.3 Å². The number of hydrogen-bond donors (Lipinski definition) is 0. The Hall–Kier alpha value is -4.19. The van der Waals surface area contributed by atoms with E-state index in [1.54, 1.807) is 23.6 Å². The predicted octanol–water partition coefficient (Wildman–Crippen LogP) is 4.71. The highest BCUT2D eigenvalue weighted by atomic mass is 79.9. The van der Waals surface area contributed by atoms with Crippen molar-refractivity contribution in [3.8, 4) is 18.1 Å². The van der Waals surface area contributed by atoms with E-state index in [1.807, 2.05) is 72.8 Å². The zero-order chi connectivity index (χ0) is 27.4. The van der Waals surface area contributed by atoms with Gasteiger partial charge in [0.2, 0.25) is 0 Å². The molecule has 0 unspecified atom stereocenters. The summed E-state index contributed by atoms with van der Waals surface area (Å²) in [5, 5.41) is 0. The number of halogens is 1. The van der Waals surface area contributed by atoms with Crippen LogP contribution in [0.2, 0.25) is 0 Å². The first-order valence-corrected chi connectivity index (χ1v) is 13.8. The number of ether oxygens (including phenoxy) is 2. The molecule has 0 amide bonds. The van der Waals surface area contributed by atoms with Crippen LogP contribution in [-0.4, -0.2) is 23.8 Å². The maximum Gasteiger partial charge on any atom is 0.338 e. The average molecular weight is 600 g/mol. The average Bonchev–Trinajstić information content (AvgIpc) is 3.27. The molecule has 0 fully saturated rings. The molecule has 1 aliphatic rings. The first kappa shape index (κ1) is 26.4. The van der Waals surface area contributed by atoms with Gasteiger partial charge in [0, 0.05) is 5.56 Å². The minimum Gasteiger partial charge on any atom is -0.480 e. The van der Waals surface area contributed by atoms with E-state index in [2.05, 4.69) is 21.9 Å². The molecular formula is C31H23BrN2O4S. The number of nitrogens with zero attached hydrogens (tertiary/aromatic N) is 2. The van der Waals surface area contributed by atoms with Crippen LogP contribution in [-0.2, 0) is 9.53 Å². The fraction of sp³-hybridized carbons (Fsp3) is 0.129. The van der Waals surface area contributed by atoms with Crippen LogP contribution >= 0.6 is 27.3 Å². The molecule has 6 nitrogen and oxygen atoms in total. The van der Waals surface area contributed by atoms with Gasteiger partial charge in [0.15, 0.2) is 4.80 Å². The Kier molecular flexibility index (Phi) is 7.92. The summed E-state index contributed by atoms with van der Waals surface area (Å²) in [6, 6.07) is 23.8. The molecule has 194 valence electrons. The van der Waals surface area contributed by atoms with Crippen molar-refractivity contribution in [2.75, 3.05) is 13.2 Å². The van der Waals surface area contributed by atoms with Gasteiger partial charge in [-0.1, -0.05) is 84.0 Å². The standard InChI is InChI=1S/C31H23BrN2O4S/c1-3-17-38-24-16-15-20(18-23(24)32)19-25-29(35)34-28(22-13-9-6-10-14-22)26(30(36)37-4-2)27(33-31(34)39-25)21-11-7-5-8-12-21/h1,5-16,18-19,28H,4,17H2,2H3/b25-19-/t28-/m1/s1. The highest BCUT2D eigenvalue weighted by Crippen LogP contribution is 2.35. The molecule has 0 bridgehead atoms. The van der Waals surface area contributed by atoms with Crippen LogP contribution in [0.3, 0.4) is 0 Å². The number of terminal acetylenes is 1.